The smallest absolute Gasteiger partial charge is 1.00 e. The van der Waals surface area contributed by atoms with Crippen LogP contribution in [0.15, 0.2) is 0 Å². The van der Waals surface area contributed by atoms with Crippen LogP contribution in [-0.4, -0.2) is 26.4 Å². The second-order valence-electron chi connectivity index (χ2n) is 2.65. The van der Waals surface area contributed by atoms with Crippen LogP contribution in [0, 0.1) is 0 Å². The third-order valence-corrected chi connectivity index (χ3v) is 7.71. The molecule has 0 fully saturated rings. The van der Waals surface area contributed by atoms with E-state index in [9.17, 15) is 0 Å². The molecule has 0 rings (SSSR count). The molecule has 0 saturated heterocycles. The van der Waals surface area contributed by atoms with E-state index in [1.165, 1.54) is 0 Å². The summed E-state index contributed by atoms with van der Waals surface area (Å²) in [5.41, 5.74) is 0. The summed E-state index contributed by atoms with van der Waals surface area (Å²) < 4.78 is 26.9. The standard InChI is InChI=1S/C8H20O5P2S2.Na.H/c1-5-9-14(16,10-6-2)13-15(17,11-7-3)12-8-4;;/h5-8H2,1-4H3;;/q;+1;-1. The number of hydrogen-bond donors (Lipinski definition) is 0. The van der Waals surface area contributed by atoms with Crippen molar-refractivity contribution in [2.24, 2.45) is 0 Å². The molecule has 0 unspecified atom stereocenters. The Kier molecular flexibility index (Phi) is 14.6. The second-order valence-corrected chi connectivity index (χ2v) is 8.81. The SMILES string of the molecule is CCOP(=S)(OCC)OP(=S)(OCC)OCC.[H-].[Na+]. The van der Waals surface area contributed by atoms with Gasteiger partial charge in [0, 0.05) is 0 Å². The molecule has 0 atom stereocenters. The molecule has 0 aliphatic heterocycles. The van der Waals surface area contributed by atoms with Crippen molar-refractivity contribution in [3.05, 3.63) is 0 Å². The first-order valence-corrected chi connectivity index (χ1v) is 10.6. The Morgan fingerprint density at radius 3 is 1.11 bits per heavy atom. The van der Waals surface area contributed by atoms with Crippen LogP contribution in [0.3, 0.4) is 0 Å². The zero-order valence-corrected chi connectivity index (χ0v) is 17.0. The van der Waals surface area contributed by atoms with Crippen molar-refractivity contribution < 1.29 is 53.4 Å². The molecule has 0 aliphatic carbocycles. The molecular formula is C8H21NaO5P2S2. The van der Waals surface area contributed by atoms with E-state index in [0.29, 0.717) is 26.4 Å². The predicted octanol–water partition coefficient (Wildman–Crippen LogP) is 0.714. The Bertz CT molecular complexity index is 263. The maximum Gasteiger partial charge on any atom is 1.00 e. The van der Waals surface area contributed by atoms with Crippen LogP contribution in [0.5, 0.6) is 0 Å². The van der Waals surface area contributed by atoms with Crippen molar-refractivity contribution in [2.45, 2.75) is 27.7 Å². The van der Waals surface area contributed by atoms with Crippen molar-refractivity contribution in [2.75, 3.05) is 26.4 Å². The molecule has 0 spiro atoms. The number of hydrogen-bond acceptors (Lipinski definition) is 7. The quantitative estimate of drug-likeness (QED) is 0.427. The summed E-state index contributed by atoms with van der Waals surface area (Å²) in [5.74, 6) is 0. The molecular weight excluding hydrogens is 325 g/mol. The van der Waals surface area contributed by atoms with Gasteiger partial charge in [-0.2, -0.15) is 0 Å². The van der Waals surface area contributed by atoms with Crippen molar-refractivity contribution in [1.29, 1.82) is 0 Å². The summed E-state index contributed by atoms with van der Waals surface area (Å²) in [6, 6.07) is 0. The van der Waals surface area contributed by atoms with E-state index in [-0.39, 0.29) is 31.0 Å². The molecule has 0 aromatic heterocycles. The van der Waals surface area contributed by atoms with Gasteiger partial charge in [-0.15, -0.1) is 0 Å². The van der Waals surface area contributed by atoms with Crippen LogP contribution in [0.2, 0.25) is 0 Å². The molecule has 0 saturated carbocycles. The number of rotatable bonds is 10. The molecule has 0 aromatic rings. The minimum absolute atomic E-state index is 0. The van der Waals surface area contributed by atoms with Crippen molar-refractivity contribution in [3.63, 3.8) is 0 Å². The zero-order chi connectivity index (χ0) is 13.4. The average molecular weight is 346 g/mol. The Morgan fingerprint density at radius 1 is 0.722 bits per heavy atom. The van der Waals surface area contributed by atoms with Gasteiger partial charge >= 0.3 is 43.0 Å². The summed E-state index contributed by atoms with van der Waals surface area (Å²) in [6.07, 6.45) is 0. The molecule has 0 radical (unpaired) electrons. The van der Waals surface area contributed by atoms with Gasteiger partial charge in [-0.05, 0) is 51.3 Å². The first-order valence-electron chi connectivity index (χ1n) is 5.44. The van der Waals surface area contributed by atoms with E-state index in [1.54, 1.807) is 0 Å². The fourth-order valence-electron chi connectivity index (χ4n) is 0.924. The molecule has 0 amide bonds. The van der Waals surface area contributed by atoms with Crippen molar-refractivity contribution in [1.82, 2.24) is 0 Å². The van der Waals surface area contributed by atoms with E-state index < -0.39 is 13.4 Å². The van der Waals surface area contributed by atoms with Crippen molar-refractivity contribution in [3.8, 4) is 0 Å². The largest absolute Gasteiger partial charge is 1.00 e. The monoisotopic (exact) mass is 346 g/mol. The van der Waals surface area contributed by atoms with Crippen LogP contribution in [0.4, 0.5) is 0 Å². The molecule has 0 N–H and O–H groups in total. The third-order valence-electron chi connectivity index (χ3n) is 1.35. The van der Waals surface area contributed by atoms with Crippen molar-refractivity contribution >= 4 is 37.1 Å². The molecule has 0 aromatic carbocycles. The van der Waals surface area contributed by atoms with E-state index in [2.05, 4.69) is 0 Å². The van der Waals surface area contributed by atoms with Gasteiger partial charge in [0.2, 0.25) is 0 Å². The Balaban J connectivity index is -0.00000128. The Hall–Kier alpha value is 2.10. The van der Waals surface area contributed by atoms with Gasteiger partial charge in [0.25, 0.3) is 0 Å². The van der Waals surface area contributed by atoms with Gasteiger partial charge in [0.15, 0.2) is 0 Å². The van der Waals surface area contributed by atoms with Gasteiger partial charge in [-0.3, -0.25) is 0 Å². The Labute approximate surface area is 144 Å². The molecule has 5 nitrogen and oxygen atoms in total. The molecule has 18 heavy (non-hydrogen) atoms. The molecule has 106 valence electrons. The fourth-order valence-corrected chi connectivity index (χ4v) is 7.30. The van der Waals surface area contributed by atoms with Gasteiger partial charge in [-0.1, -0.05) is 0 Å². The maximum atomic E-state index is 5.55. The summed E-state index contributed by atoms with van der Waals surface area (Å²) in [5, 5.41) is 0. The average Bonchev–Trinajstić information content (AvgIpc) is 2.17. The summed E-state index contributed by atoms with van der Waals surface area (Å²) >= 11 is 10.4. The van der Waals surface area contributed by atoms with Gasteiger partial charge < -0.3 is 19.5 Å². The normalized spacial score (nSPS) is 12.2. The summed E-state index contributed by atoms with van der Waals surface area (Å²) in [4.78, 5) is 0. The molecule has 0 heterocycles. The van der Waals surface area contributed by atoms with Gasteiger partial charge in [-0.25, -0.2) is 4.31 Å². The minimum atomic E-state index is -2.87. The fraction of sp³-hybridized carbons (Fsp3) is 1.00. The third kappa shape index (κ3) is 9.11. The molecule has 0 bridgehead atoms. The summed E-state index contributed by atoms with van der Waals surface area (Å²) in [6.45, 7) is 3.09. The van der Waals surface area contributed by atoms with Crippen LogP contribution in [0.1, 0.15) is 29.1 Å². The summed E-state index contributed by atoms with van der Waals surface area (Å²) in [7, 11) is 0. The van der Waals surface area contributed by atoms with Gasteiger partial charge in [0.05, 0.1) is 26.4 Å². The van der Waals surface area contributed by atoms with Gasteiger partial charge in [0.1, 0.15) is 0 Å². The minimum Gasteiger partial charge on any atom is -1.00 e. The zero-order valence-electron chi connectivity index (χ0n) is 12.6. The Morgan fingerprint density at radius 2 is 0.944 bits per heavy atom. The first kappa shape index (κ1) is 22.4. The van der Waals surface area contributed by atoms with Crippen LogP contribution < -0.4 is 29.6 Å². The van der Waals surface area contributed by atoms with E-state index >= 15 is 0 Å². The van der Waals surface area contributed by atoms with E-state index in [0.717, 1.165) is 0 Å². The maximum absolute atomic E-state index is 5.55. The van der Waals surface area contributed by atoms with E-state index in [1.807, 2.05) is 27.7 Å². The predicted molar refractivity (Wildman–Crippen MR) is 77.3 cm³/mol. The molecule has 10 heteroatoms. The van der Waals surface area contributed by atoms with Crippen LogP contribution in [-0.2, 0) is 46.0 Å². The van der Waals surface area contributed by atoms with Crippen LogP contribution >= 0.6 is 13.4 Å². The van der Waals surface area contributed by atoms with Crippen LogP contribution in [0.25, 0.3) is 0 Å². The second kappa shape index (κ2) is 11.7. The van der Waals surface area contributed by atoms with E-state index in [4.69, 9.17) is 46.0 Å². The molecule has 0 aliphatic rings. The first-order chi connectivity index (χ1) is 7.95. The topological polar surface area (TPSA) is 46.2 Å².